The van der Waals surface area contributed by atoms with Gasteiger partial charge in [-0.25, -0.2) is 0 Å². The van der Waals surface area contributed by atoms with E-state index < -0.39 is 0 Å². The Balaban J connectivity index is 2.45. The van der Waals surface area contributed by atoms with E-state index >= 15 is 0 Å². The fraction of sp³-hybridized carbons (Fsp3) is 0. The summed E-state index contributed by atoms with van der Waals surface area (Å²) >= 11 is 0. The van der Waals surface area contributed by atoms with Gasteiger partial charge in [-0.2, -0.15) is 0 Å². The van der Waals surface area contributed by atoms with Crippen LogP contribution in [-0.2, 0) is 0 Å². The largest absolute Gasteiger partial charge is 0.791 e. The second-order valence-electron chi connectivity index (χ2n) is 3.62. The summed E-state index contributed by atoms with van der Waals surface area (Å²) in [6, 6.07) is 17.9. The molecule has 2 aromatic rings. The van der Waals surface area contributed by atoms with Crippen molar-refractivity contribution in [2.75, 3.05) is 0 Å². The summed E-state index contributed by atoms with van der Waals surface area (Å²) in [6.45, 7) is 0. The van der Waals surface area contributed by atoms with Crippen molar-refractivity contribution in [3.63, 3.8) is 0 Å². The summed E-state index contributed by atoms with van der Waals surface area (Å²) in [7, 11) is 0. The van der Waals surface area contributed by atoms with E-state index in [1.165, 1.54) is 0 Å². The quantitative estimate of drug-likeness (QED) is 0.508. The van der Waals surface area contributed by atoms with Gasteiger partial charge in [-0.3, -0.25) is 0 Å². The molecule has 0 aromatic heterocycles. The lowest BCUT2D eigenvalue weighted by molar-refractivity contribution is 0.320. The molecule has 90 valence electrons. The lowest BCUT2D eigenvalue weighted by Gasteiger charge is -2.10. The highest BCUT2D eigenvalue weighted by atomic mass is 16.4. The average molecular weight is 239 g/mol. The lowest BCUT2D eigenvalue weighted by atomic mass is 10.0. The summed E-state index contributed by atoms with van der Waals surface area (Å²) in [6.07, 6.45) is 0. The minimum Gasteiger partial charge on any atom is -0.791 e. The summed E-state index contributed by atoms with van der Waals surface area (Å²) in [4.78, 5) is 0. The highest BCUT2D eigenvalue weighted by Gasteiger charge is 2.12. The third-order valence-corrected chi connectivity index (χ3v) is 2.51. The fourth-order valence-electron chi connectivity index (χ4n) is 1.67. The summed E-state index contributed by atoms with van der Waals surface area (Å²) in [5.74, 6) is 0. The maximum Gasteiger partial charge on any atom is 0.135 e. The maximum absolute atomic E-state index is 11.0. The van der Waals surface area contributed by atoms with Crippen LogP contribution in [0, 0.1) is 5.21 Å². The first kappa shape index (κ1) is 11.9. The minimum absolute atomic E-state index is 0.115. The molecule has 18 heavy (non-hydrogen) atoms. The Morgan fingerprint density at radius 3 is 1.61 bits per heavy atom. The van der Waals surface area contributed by atoms with Crippen LogP contribution in [0.4, 0.5) is 0 Å². The van der Waals surface area contributed by atoms with Crippen LogP contribution in [0.5, 0.6) is 0 Å². The van der Waals surface area contributed by atoms with Crippen molar-refractivity contribution in [3.05, 3.63) is 77.0 Å². The molecule has 0 bridgehead atoms. The molecule has 0 radical (unpaired) electrons. The lowest BCUT2D eigenvalue weighted by Crippen LogP contribution is -2.17. The zero-order chi connectivity index (χ0) is 12.8. The van der Waals surface area contributed by atoms with Gasteiger partial charge in [0.15, 0.2) is 0 Å². The third kappa shape index (κ3) is 2.38. The summed E-state index contributed by atoms with van der Waals surface area (Å²) < 4.78 is 0. The molecule has 0 atom stereocenters. The van der Waals surface area contributed by atoms with Crippen molar-refractivity contribution in [2.24, 2.45) is 10.3 Å². The van der Waals surface area contributed by atoms with E-state index in [0.29, 0.717) is 11.1 Å². The summed E-state index contributed by atoms with van der Waals surface area (Å²) in [5.41, 5.74) is 1.53. The van der Waals surface area contributed by atoms with Gasteiger partial charge in [0.2, 0.25) is 0 Å². The molecule has 0 saturated heterocycles. The molecule has 0 aliphatic heterocycles. The van der Waals surface area contributed by atoms with Crippen molar-refractivity contribution < 1.29 is 5.21 Å². The van der Waals surface area contributed by atoms with E-state index in [0.717, 1.165) is 0 Å². The molecule has 0 unspecified atom stereocenters. The smallest absolute Gasteiger partial charge is 0.135 e. The van der Waals surface area contributed by atoms with E-state index in [4.69, 9.17) is 5.21 Å². The Morgan fingerprint density at radius 1 is 0.778 bits per heavy atom. The van der Waals surface area contributed by atoms with Gasteiger partial charge in [0.25, 0.3) is 0 Å². The van der Waals surface area contributed by atoms with E-state index in [1.807, 2.05) is 12.1 Å². The third-order valence-electron chi connectivity index (χ3n) is 2.51. The van der Waals surface area contributed by atoms with Crippen molar-refractivity contribution in [3.8, 4) is 0 Å². The van der Waals surface area contributed by atoms with Gasteiger partial charge in [0, 0.05) is 11.1 Å². The fourth-order valence-corrected chi connectivity index (χ4v) is 1.67. The Kier molecular flexibility index (Phi) is 3.71. The van der Waals surface area contributed by atoms with Crippen LogP contribution in [0.3, 0.4) is 0 Å². The molecule has 2 rings (SSSR count). The van der Waals surface area contributed by atoms with Crippen molar-refractivity contribution in [1.29, 1.82) is 0 Å². The SMILES string of the molecule is [O-]/N=C(/C(=N\O)c1ccccc1)c1ccccc1. The molecule has 4 heteroatoms. The average Bonchev–Trinajstić information content (AvgIpc) is 2.46. The minimum atomic E-state index is 0.115. The number of hydrogen-bond donors (Lipinski definition) is 1. The number of hydrogen-bond acceptors (Lipinski definition) is 4. The molecule has 4 nitrogen and oxygen atoms in total. The van der Waals surface area contributed by atoms with Crippen LogP contribution in [0.2, 0.25) is 0 Å². The van der Waals surface area contributed by atoms with Gasteiger partial charge in [-0.1, -0.05) is 65.8 Å². The molecule has 2 aromatic carbocycles. The van der Waals surface area contributed by atoms with Crippen molar-refractivity contribution in [1.82, 2.24) is 0 Å². The van der Waals surface area contributed by atoms with E-state index in [9.17, 15) is 5.21 Å². The van der Waals surface area contributed by atoms with Crippen LogP contribution in [-0.4, -0.2) is 16.6 Å². The molecule has 0 amide bonds. The molecule has 1 N–H and O–H groups in total. The van der Waals surface area contributed by atoms with Crippen LogP contribution in [0.25, 0.3) is 0 Å². The van der Waals surface area contributed by atoms with Crippen LogP contribution in [0.1, 0.15) is 11.1 Å². The molecule has 0 heterocycles. The first-order chi connectivity index (χ1) is 8.86. The number of rotatable bonds is 3. The predicted octanol–water partition coefficient (Wildman–Crippen LogP) is 2.85. The number of benzene rings is 2. The van der Waals surface area contributed by atoms with Gasteiger partial charge < -0.3 is 15.6 Å². The molecule has 0 spiro atoms. The Morgan fingerprint density at radius 2 is 1.22 bits per heavy atom. The molecule has 0 aliphatic carbocycles. The summed E-state index contributed by atoms with van der Waals surface area (Å²) in [5, 5.41) is 26.3. The second kappa shape index (κ2) is 5.63. The monoisotopic (exact) mass is 239 g/mol. The van der Waals surface area contributed by atoms with Crippen LogP contribution >= 0.6 is 0 Å². The zero-order valence-electron chi connectivity index (χ0n) is 9.52. The first-order valence-corrected chi connectivity index (χ1v) is 5.40. The van der Waals surface area contributed by atoms with Crippen LogP contribution < -0.4 is 0 Å². The normalized spacial score (nSPS) is 12.4. The van der Waals surface area contributed by atoms with Gasteiger partial charge in [-0.15, -0.1) is 0 Å². The second-order valence-corrected chi connectivity index (χ2v) is 3.62. The van der Waals surface area contributed by atoms with E-state index in [-0.39, 0.29) is 11.4 Å². The van der Waals surface area contributed by atoms with E-state index in [2.05, 4.69) is 10.3 Å². The van der Waals surface area contributed by atoms with Crippen LogP contribution in [0.15, 0.2) is 71.0 Å². The molecule has 0 fully saturated rings. The predicted molar refractivity (Wildman–Crippen MR) is 71.1 cm³/mol. The number of oxime groups is 1. The molecule has 0 saturated carbocycles. The van der Waals surface area contributed by atoms with Crippen molar-refractivity contribution in [2.45, 2.75) is 0 Å². The highest BCUT2D eigenvalue weighted by Crippen LogP contribution is 2.09. The van der Waals surface area contributed by atoms with Gasteiger partial charge in [-0.05, 0) is 0 Å². The number of nitrogens with zero attached hydrogens (tertiary/aromatic N) is 2. The highest BCUT2D eigenvalue weighted by molar-refractivity contribution is 6.53. The first-order valence-electron chi connectivity index (χ1n) is 5.40. The maximum atomic E-state index is 11.0. The van der Waals surface area contributed by atoms with E-state index in [1.54, 1.807) is 48.5 Å². The van der Waals surface area contributed by atoms with Gasteiger partial charge in [0.05, 0.1) is 5.71 Å². The Hall–Kier alpha value is -2.62. The molecule has 0 aliphatic rings. The van der Waals surface area contributed by atoms with Gasteiger partial charge >= 0.3 is 0 Å². The Bertz CT molecular complexity index is 509. The zero-order valence-corrected chi connectivity index (χ0v) is 9.52. The standard InChI is InChI=1S/C14H12N2O2/c17-15-13(11-7-3-1-4-8-11)14(16-18)12-9-5-2-6-10-12/h1-10,17-18H/p-1/b15-13-,16-14+. The van der Waals surface area contributed by atoms with Gasteiger partial charge in [0.1, 0.15) is 5.71 Å². The van der Waals surface area contributed by atoms with Crippen molar-refractivity contribution >= 4 is 11.4 Å². The molecular formula is C14H11N2O2-. The Labute approximate surface area is 105 Å². The molecular weight excluding hydrogens is 228 g/mol. The topological polar surface area (TPSA) is 68.0 Å².